The van der Waals surface area contributed by atoms with Crippen LogP contribution in [0.1, 0.15) is 23.3 Å². The van der Waals surface area contributed by atoms with Crippen molar-refractivity contribution in [1.29, 1.82) is 0 Å². The van der Waals surface area contributed by atoms with Crippen molar-refractivity contribution in [3.63, 3.8) is 0 Å². The molecule has 0 aliphatic heterocycles. The number of imidazole rings is 1. The number of carbonyl (C=O) groups excluding carboxylic acids is 1. The third-order valence-corrected chi connectivity index (χ3v) is 3.15. The van der Waals surface area contributed by atoms with Gasteiger partial charge in [0, 0.05) is 12.2 Å². The lowest BCUT2D eigenvalue weighted by Gasteiger charge is -2.08. The van der Waals surface area contributed by atoms with Crippen LogP contribution < -0.4 is 5.32 Å². The molecule has 1 aromatic carbocycles. The largest absolute Gasteiger partial charge is 0.350 e. The maximum absolute atomic E-state index is 12.1. The number of nitrogens with zero attached hydrogens (tertiary/aromatic N) is 2. The van der Waals surface area contributed by atoms with E-state index in [0.29, 0.717) is 11.6 Å². The van der Waals surface area contributed by atoms with Gasteiger partial charge in [-0.25, -0.2) is 4.98 Å². The summed E-state index contributed by atoms with van der Waals surface area (Å²) in [6, 6.07) is 9.76. The van der Waals surface area contributed by atoms with Gasteiger partial charge < -0.3 is 5.32 Å². The summed E-state index contributed by atoms with van der Waals surface area (Å²) in [7, 11) is 0. The van der Waals surface area contributed by atoms with Gasteiger partial charge in [-0.15, -0.1) is 0 Å². The van der Waals surface area contributed by atoms with Gasteiger partial charge in [-0.05, 0) is 30.9 Å². The molecule has 0 radical (unpaired) electrons. The monoisotopic (exact) mass is 241 g/mol. The molecule has 0 bridgehead atoms. The molecule has 1 aromatic heterocycles. The zero-order valence-electron chi connectivity index (χ0n) is 10.0. The second-order valence-corrected chi connectivity index (χ2v) is 4.64. The lowest BCUT2D eigenvalue weighted by molar-refractivity contribution is 0.0945. The summed E-state index contributed by atoms with van der Waals surface area (Å²) in [6.07, 6.45) is 5.74. The SMILES string of the molecule is O=C(NCC1CC1)c1cncn1-c1ccccc1. The number of benzene rings is 1. The molecule has 3 rings (SSSR count). The average molecular weight is 241 g/mol. The Kier molecular flexibility index (Phi) is 2.84. The minimum atomic E-state index is -0.0525. The topological polar surface area (TPSA) is 46.9 Å². The minimum Gasteiger partial charge on any atom is -0.350 e. The number of nitrogens with one attached hydrogen (secondary N) is 1. The third-order valence-electron chi connectivity index (χ3n) is 3.15. The van der Waals surface area contributed by atoms with Gasteiger partial charge in [0.05, 0.1) is 12.5 Å². The third kappa shape index (κ3) is 2.27. The van der Waals surface area contributed by atoms with Gasteiger partial charge in [-0.2, -0.15) is 0 Å². The predicted molar refractivity (Wildman–Crippen MR) is 68.6 cm³/mol. The number of aromatic nitrogens is 2. The Labute approximate surface area is 106 Å². The second-order valence-electron chi connectivity index (χ2n) is 4.64. The molecule has 1 amide bonds. The van der Waals surface area contributed by atoms with E-state index in [-0.39, 0.29) is 5.91 Å². The summed E-state index contributed by atoms with van der Waals surface area (Å²) >= 11 is 0. The number of amides is 1. The van der Waals surface area contributed by atoms with Gasteiger partial charge in [0.25, 0.3) is 5.91 Å². The molecule has 2 aromatic rings. The minimum absolute atomic E-state index is 0.0525. The molecular weight excluding hydrogens is 226 g/mol. The number of hydrogen-bond donors (Lipinski definition) is 1. The van der Waals surface area contributed by atoms with E-state index in [2.05, 4.69) is 10.3 Å². The highest BCUT2D eigenvalue weighted by Gasteiger charge is 2.22. The summed E-state index contributed by atoms with van der Waals surface area (Å²) in [6.45, 7) is 0.777. The van der Waals surface area contributed by atoms with Crippen molar-refractivity contribution in [3.05, 3.63) is 48.5 Å². The van der Waals surface area contributed by atoms with Crippen LogP contribution in [0.15, 0.2) is 42.9 Å². The highest BCUT2D eigenvalue weighted by atomic mass is 16.1. The normalized spacial score (nSPS) is 14.4. The first-order valence-corrected chi connectivity index (χ1v) is 6.20. The van der Waals surface area contributed by atoms with E-state index in [0.717, 1.165) is 12.2 Å². The van der Waals surface area contributed by atoms with Gasteiger partial charge in [-0.1, -0.05) is 18.2 Å². The molecule has 0 spiro atoms. The molecule has 4 nitrogen and oxygen atoms in total. The number of para-hydroxylation sites is 1. The van der Waals surface area contributed by atoms with Gasteiger partial charge in [0.1, 0.15) is 5.69 Å². The van der Waals surface area contributed by atoms with Crippen LogP contribution in [0.5, 0.6) is 0 Å². The molecule has 0 unspecified atom stereocenters. The first-order valence-electron chi connectivity index (χ1n) is 6.20. The molecule has 4 heteroatoms. The molecule has 1 heterocycles. The lowest BCUT2D eigenvalue weighted by Crippen LogP contribution is -2.27. The van der Waals surface area contributed by atoms with Gasteiger partial charge in [0.2, 0.25) is 0 Å². The number of carbonyl (C=O) groups is 1. The maximum Gasteiger partial charge on any atom is 0.269 e. The smallest absolute Gasteiger partial charge is 0.269 e. The first-order chi connectivity index (χ1) is 8.84. The van der Waals surface area contributed by atoms with E-state index in [1.54, 1.807) is 12.5 Å². The molecule has 1 saturated carbocycles. The van der Waals surface area contributed by atoms with Crippen LogP contribution in [0.4, 0.5) is 0 Å². The average Bonchev–Trinajstić information content (AvgIpc) is 3.11. The molecule has 1 aliphatic rings. The van der Waals surface area contributed by atoms with Crippen molar-refractivity contribution in [2.45, 2.75) is 12.8 Å². The highest BCUT2D eigenvalue weighted by Crippen LogP contribution is 2.27. The summed E-state index contributed by atoms with van der Waals surface area (Å²) in [5.74, 6) is 0.630. The fraction of sp³-hybridized carbons (Fsp3) is 0.286. The molecule has 18 heavy (non-hydrogen) atoms. The molecule has 1 fully saturated rings. The Morgan fingerprint density at radius 3 is 2.83 bits per heavy atom. The molecule has 1 aliphatic carbocycles. The van der Waals surface area contributed by atoms with E-state index in [9.17, 15) is 4.79 Å². The van der Waals surface area contributed by atoms with Crippen molar-refractivity contribution in [1.82, 2.24) is 14.9 Å². The van der Waals surface area contributed by atoms with Crippen LogP contribution in [0, 0.1) is 5.92 Å². The van der Waals surface area contributed by atoms with Crippen LogP contribution >= 0.6 is 0 Å². The van der Waals surface area contributed by atoms with Crippen molar-refractivity contribution in [2.75, 3.05) is 6.54 Å². The number of rotatable bonds is 4. The van der Waals surface area contributed by atoms with Gasteiger partial charge >= 0.3 is 0 Å². The lowest BCUT2D eigenvalue weighted by atomic mass is 10.3. The van der Waals surface area contributed by atoms with E-state index < -0.39 is 0 Å². The Balaban J connectivity index is 1.80. The van der Waals surface area contributed by atoms with Crippen molar-refractivity contribution < 1.29 is 4.79 Å². The van der Waals surface area contributed by atoms with Gasteiger partial charge in [0.15, 0.2) is 0 Å². The van der Waals surface area contributed by atoms with E-state index in [4.69, 9.17) is 0 Å². The molecule has 1 N–H and O–H groups in total. The highest BCUT2D eigenvalue weighted by molar-refractivity contribution is 5.93. The van der Waals surface area contributed by atoms with Crippen LogP contribution in [-0.2, 0) is 0 Å². The van der Waals surface area contributed by atoms with Crippen LogP contribution in [0.2, 0.25) is 0 Å². The van der Waals surface area contributed by atoms with Crippen LogP contribution in [0.3, 0.4) is 0 Å². The van der Waals surface area contributed by atoms with E-state index in [1.165, 1.54) is 12.8 Å². The van der Waals surface area contributed by atoms with Gasteiger partial charge in [-0.3, -0.25) is 9.36 Å². The summed E-state index contributed by atoms with van der Waals surface area (Å²) in [5.41, 5.74) is 1.54. The second kappa shape index (κ2) is 4.64. The fourth-order valence-electron chi connectivity index (χ4n) is 1.91. The predicted octanol–water partition coefficient (Wildman–Crippen LogP) is 2.01. The quantitative estimate of drug-likeness (QED) is 0.890. The Morgan fingerprint density at radius 1 is 1.33 bits per heavy atom. The zero-order chi connectivity index (χ0) is 12.4. The first kappa shape index (κ1) is 11.0. The molecule has 0 atom stereocenters. The van der Waals surface area contributed by atoms with E-state index in [1.807, 2.05) is 34.9 Å². The Morgan fingerprint density at radius 2 is 2.11 bits per heavy atom. The Bertz CT molecular complexity index is 543. The van der Waals surface area contributed by atoms with Crippen LogP contribution in [-0.4, -0.2) is 22.0 Å². The Hall–Kier alpha value is -2.10. The standard InChI is InChI=1S/C14H15N3O/c18-14(16-8-11-6-7-11)13-9-15-10-17(13)12-4-2-1-3-5-12/h1-5,9-11H,6-8H2,(H,16,18). The summed E-state index contributed by atoms with van der Waals surface area (Å²) in [4.78, 5) is 16.1. The maximum atomic E-state index is 12.1. The summed E-state index contributed by atoms with van der Waals surface area (Å²) in [5, 5.41) is 2.96. The molecule has 92 valence electrons. The van der Waals surface area contributed by atoms with E-state index >= 15 is 0 Å². The van der Waals surface area contributed by atoms with Crippen molar-refractivity contribution in [3.8, 4) is 5.69 Å². The number of hydrogen-bond acceptors (Lipinski definition) is 2. The van der Waals surface area contributed by atoms with Crippen LogP contribution in [0.25, 0.3) is 5.69 Å². The zero-order valence-corrected chi connectivity index (χ0v) is 10.0. The molecular formula is C14H15N3O. The van der Waals surface area contributed by atoms with Crippen molar-refractivity contribution in [2.24, 2.45) is 5.92 Å². The fourth-order valence-corrected chi connectivity index (χ4v) is 1.91. The molecule has 0 saturated heterocycles. The summed E-state index contributed by atoms with van der Waals surface area (Å²) < 4.78 is 1.81. The van der Waals surface area contributed by atoms with Crippen molar-refractivity contribution >= 4 is 5.91 Å².